The molecule has 0 atom stereocenters. The van der Waals surface area contributed by atoms with Crippen LogP contribution in [-0.2, 0) is 4.79 Å². The summed E-state index contributed by atoms with van der Waals surface area (Å²) in [5, 5.41) is 5.18. The van der Waals surface area contributed by atoms with Gasteiger partial charge in [-0.3, -0.25) is 14.0 Å². The molecule has 0 radical (unpaired) electrons. The van der Waals surface area contributed by atoms with E-state index in [0.717, 1.165) is 22.6 Å². The maximum absolute atomic E-state index is 12.9. The van der Waals surface area contributed by atoms with E-state index in [1.54, 1.807) is 14.7 Å². The Morgan fingerprint density at radius 2 is 2.16 bits per heavy atom. The van der Waals surface area contributed by atoms with E-state index in [0.29, 0.717) is 23.8 Å². The van der Waals surface area contributed by atoms with Crippen molar-refractivity contribution in [2.75, 3.05) is 19.6 Å². The largest absolute Gasteiger partial charge is 0.354 e. The van der Waals surface area contributed by atoms with Gasteiger partial charge in [0, 0.05) is 30.2 Å². The molecule has 1 aromatic carbocycles. The molecule has 1 aliphatic heterocycles. The first-order valence-electron chi connectivity index (χ1n) is 7.91. The number of benzene rings is 1. The van der Waals surface area contributed by atoms with Crippen LogP contribution >= 0.6 is 22.9 Å². The van der Waals surface area contributed by atoms with E-state index in [1.807, 2.05) is 30.5 Å². The third-order valence-electron chi connectivity index (χ3n) is 4.13. The molecule has 25 heavy (non-hydrogen) atoms. The van der Waals surface area contributed by atoms with Crippen molar-refractivity contribution < 1.29 is 9.59 Å². The molecule has 6 nitrogen and oxygen atoms in total. The lowest BCUT2D eigenvalue weighted by Gasteiger charge is -2.18. The summed E-state index contributed by atoms with van der Waals surface area (Å²) in [5.74, 6) is -0.286. The zero-order valence-corrected chi connectivity index (χ0v) is 14.8. The maximum Gasteiger partial charge on any atom is 0.272 e. The van der Waals surface area contributed by atoms with Gasteiger partial charge in [0.2, 0.25) is 5.91 Å². The van der Waals surface area contributed by atoms with E-state index in [4.69, 9.17) is 11.6 Å². The van der Waals surface area contributed by atoms with E-state index in [2.05, 4.69) is 10.3 Å². The molecule has 0 aliphatic carbocycles. The second-order valence-corrected chi connectivity index (χ2v) is 7.05. The zero-order chi connectivity index (χ0) is 17.4. The summed E-state index contributed by atoms with van der Waals surface area (Å²) in [6, 6.07) is 7.47. The van der Waals surface area contributed by atoms with Crippen molar-refractivity contribution in [2.24, 2.45) is 0 Å². The number of halogens is 1. The van der Waals surface area contributed by atoms with Crippen LogP contribution in [0.2, 0.25) is 5.02 Å². The predicted octanol–water partition coefficient (Wildman–Crippen LogP) is 2.68. The fourth-order valence-electron chi connectivity index (χ4n) is 2.88. The molecule has 2 amide bonds. The smallest absolute Gasteiger partial charge is 0.272 e. The van der Waals surface area contributed by atoms with Gasteiger partial charge in [0.15, 0.2) is 4.96 Å². The lowest BCUT2D eigenvalue weighted by molar-refractivity contribution is -0.121. The first-order chi connectivity index (χ1) is 12.1. The number of thiazole rings is 1. The molecule has 0 unspecified atom stereocenters. The molecule has 2 aromatic heterocycles. The Morgan fingerprint density at radius 3 is 3.00 bits per heavy atom. The highest BCUT2D eigenvalue weighted by atomic mass is 35.5. The first kappa shape index (κ1) is 16.1. The molecule has 0 bridgehead atoms. The molecule has 128 valence electrons. The number of rotatable bonds is 2. The minimum atomic E-state index is -0.161. The zero-order valence-electron chi connectivity index (χ0n) is 13.2. The van der Waals surface area contributed by atoms with Crippen LogP contribution in [0.15, 0.2) is 35.8 Å². The third-order valence-corrected chi connectivity index (χ3v) is 5.30. The Bertz CT molecular complexity index is 965. The van der Waals surface area contributed by atoms with Gasteiger partial charge in [0.05, 0.1) is 17.3 Å². The number of nitrogens with one attached hydrogen (secondary N) is 1. The average Bonchev–Trinajstić information content (AvgIpc) is 3.10. The number of hydrogen-bond donors (Lipinski definition) is 1. The summed E-state index contributed by atoms with van der Waals surface area (Å²) < 4.78 is 1.77. The van der Waals surface area contributed by atoms with Crippen molar-refractivity contribution in [3.8, 4) is 11.3 Å². The van der Waals surface area contributed by atoms with Gasteiger partial charge in [-0.05, 0) is 12.5 Å². The summed E-state index contributed by atoms with van der Waals surface area (Å²) in [5.41, 5.74) is 2.06. The average molecular weight is 375 g/mol. The lowest BCUT2D eigenvalue weighted by atomic mass is 10.2. The number of nitrogens with zero attached hydrogens (tertiary/aromatic N) is 3. The Kier molecular flexibility index (Phi) is 4.19. The molecule has 1 saturated heterocycles. The van der Waals surface area contributed by atoms with Crippen LogP contribution in [0.25, 0.3) is 16.2 Å². The predicted molar refractivity (Wildman–Crippen MR) is 97.0 cm³/mol. The highest BCUT2D eigenvalue weighted by molar-refractivity contribution is 7.15. The standard InChI is InChI=1S/C17H15ClN4O2S/c18-12-5-2-1-4-11(12)13-8-22-14(10-25-17(22)20-13)16(24)21-7-3-6-19-15(23)9-21/h1-2,4-5,8,10H,3,6-7,9H2,(H,19,23). The van der Waals surface area contributed by atoms with Crippen molar-refractivity contribution in [2.45, 2.75) is 6.42 Å². The molecule has 4 rings (SSSR count). The summed E-state index contributed by atoms with van der Waals surface area (Å²) >= 11 is 7.64. The second-order valence-electron chi connectivity index (χ2n) is 5.81. The SMILES string of the molecule is O=C1CN(C(=O)c2csc3nc(-c4ccccc4Cl)cn23)CCCN1. The Hall–Kier alpha value is -2.38. The molecule has 1 aliphatic rings. The summed E-state index contributed by atoms with van der Waals surface area (Å²) in [7, 11) is 0. The van der Waals surface area contributed by atoms with Gasteiger partial charge in [0.1, 0.15) is 5.69 Å². The van der Waals surface area contributed by atoms with Gasteiger partial charge in [-0.2, -0.15) is 0 Å². The fraction of sp³-hybridized carbons (Fsp3) is 0.235. The number of aromatic nitrogens is 2. The Labute approximate surface area is 153 Å². The van der Waals surface area contributed by atoms with E-state index in [1.165, 1.54) is 11.3 Å². The van der Waals surface area contributed by atoms with Crippen LogP contribution in [0.5, 0.6) is 0 Å². The third kappa shape index (κ3) is 3.01. The highest BCUT2D eigenvalue weighted by Crippen LogP contribution is 2.29. The van der Waals surface area contributed by atoms with Crippen LogP contribution in [0.4, 0.5) is 0 Å². The molecule has 0 spiro atoms. The fourth-order valence-corrected chi connectivity index (χ4v) is 3.96. The van der Waals surface area contributed by atoms with Crippen molar-refractivity contribution in [1.29, 1.82) is 0 Å². The highest BCUT2D eigenvalue weighted by Gasteiger charge is 2.24. The molecular weight excluding hydrogens is 360 g/mol. The molecular formula is C17H15ClN4O2S. The molecule has 0 saturated carbocycles. The quantitative estimate of drug-likeness (QED) is 0.750. The van der Waals surface area contributed by atoms with Crippen LogP contribution in [-0.4, -0.2) is 45.7 Å². The van der Waals surface area contributed by atoms with Crippen LogP contribution in [0.3, 0.4) is 0 Å². The van der Waals surface area contributed by atoms with E-state index < -0.39 is 0 Å². The molecule has 3 aromatic rings. The van der Waals surface area contributed by atoms with Crippen molar-refractivity contribution in [3.63, 3.8) is 0 Å². The van der Waals surface area contributed by atoms with Gasteiger partial charge in [-0.25, -0.2) is 4.98 Å². The molecule has 1 N–H and O–H groups in total. The number of carbonyl (C=O) groups is 2. The minimum Gasteiger partial charge on any atom is -0.354 e. The maximum atomic E-state index is 12.9. The van der Waals surface area contributed by atoms with Crippen molar-refractivity contribution >= 4 is 39.7 Å². The first-order valence-corrected chi connectivity index (χ1v) is 9.17. The van der Waals surface area contributed by atoms with E-state index >= 15 is 0 Å². The monoisotopic (exact) mass is 374 g/mol. The van der Waals surface area contributed by atoms with Gasteiger partial charge >= 0.3 is 0 Å². The van der Waals surface area contributed by atoms with Gasteiger partial charge in [-0.15, -0.1) is 11.3 Å². The number of fused-ring (bicyclic) bond motifs is 1. The van der Waals surface area contributed by atoms with Crippen molar-refractivity contribution in [1.82, 2.24) is 19.6 Å². The lowest BCUT2D eigenvalue weighted by Crippen LogP contribution is -2.37. The van der Waals surface area contributed by atoms with Crippen LogP contribution < -0.4 is 5.32 Å². The van der Waals surface area contributed by atoms with Gasteiger partial charge < -0.3 is 10.2 Å². The Balaban J connectivity index is 1.70. The molecule has 8 heteroatoms. The topological polar surface area (TPSA) is 66.7 Å². The number of carbonyl (C=O) groups excluding carboxylic acids is 2. The second kappa shape index (κ2) is 6.50. The van der Waals surface area contributed by atoms with Gasteiger partial charge in [-0.1, -0.05) is 29.8 Å². The number of imidazole rings is 1. The van der Waals surface area contributed by atoms with E-state index in [-0.39, 0.29) is 18.4 Å². The summed E-state index contributed by atoms with van der Waals surface area (Å²) in [6.07, 6.45) is 2.57. The van der Waals surface area contributed by atoms with Gasteiger partial charge in [0.25, 0.3) is 5.91 Å². The molecule has 1 fully saturated rings. The van der Waals surface area contributed by atoms with E-state index in [9.17, 15) is 9.59 Å². The Morgan fingerprint density at radius 1 is 1.32 bits per heavy atom. The summed E-state index contributed by atoms with van der Waals surface area (Å²) in [6.45, 7) is 1.24. The normalized spacial score (nSPS) is 15.2. The molecule has 3 heterocycles. The van der Waals surface area contributed by atoms with Crippen LogP contribution in [0.1, 0.15) is 16.9 Å². The van der Waals surface area contributed by atoms with Crippen molar-refractivity contribution in [3.05, 3.63) is 46.6 Å². The minimum absolute atomic E-state index is 0.0856. The summed E-state index contributed by atoms with van der Waals surface area (Å²) in [4.78, 5) is 31.5. The number of hydrogen-bond acceptors (Lipinski definition) is 4. The number of amides is 2. The van der Waals surface area contributed by atoms with Crippen LogP contribution in [0, 0.1) is 0 Å².